The molecule has 0 aliphatic heterocycles. The number of fused-ring (bicyclic) bond motifs is 1. The molecule has 0 spiro atoms. The molecule has 0 fully saturated rings. The van der Waals surface area contributed by atoms with Crippen molar-refractivity contribution in [2.75, 3.05) is 18.0 Å². The van der Waals surface area contributed by atoms with E-state index in [1.165, 1.54) is 0 Å². The largest absolute Gasteiger partial charge is 0.505 e. The Hall–Kier alpha value is -2.56. The number of aromatic hydroxyl groups is 1. The number of phenolic OH excluding ortho intramolecular Hbond substituents is 1. The normalized spacial score (nSPS) is 11.2. The van der Waals surface area contributed by atoms with Crippen LogP contribution in [0.25, 0.3) is 16.7 Å². The van der Waals surface area contributed by atoms with Gasteiger partial charge in [0.25, 0.3) is 0 Å². The van der Waals surface area contributed by atoms with E-state index in [1.807, 2.05) is 19.1 Å². The minimum atomic E-state index is 0.285. The third-order valence-corrected chi connectivity index (χ3v) is 4.82. The molecule has 138 valence electrons. The molecule has 5 heteroatoms. The van der Waals surface area contributed by atoms with Gasteiger partial charge in [0.15, 0.2) is 0 Å². The smallest absolute Gasteiger partial charge is 0.146 e. The van der Waals surface area contributed by atoms with Crippen LogP contribution in [0.4, 0.5) is 5.69 Å². The van der Waals surface area contributed by atoms with Crippen molar-refractivity contribution < 1.29 is 5.11 Å². The highest BCUT2D eigenvalue weighted by atomic mass is 16.3. The van der Waals surface area contributed by atoms with Crippen LogP contribution in [0.2, 0.25) is 0 Å². The molecule has 0 bridgehead atoms. The third kappa shape index (κ3) is 3.52. The van der Waals surface area contributed by atoms with Crippen LogP contribution < -0.4 is 4.90 Å². The van der Waals surface area contributed by atoms with Crippen LogP contribution in [0.3, 0.4) is 0 Å². The van der Waals surface area contributed by atoms with Crippen molar-refractivity contribution >= 4 is 16.7 Å². The van der Waals surface area contributed by atoms with Crippen molar-refractivity contribution in [3.05, 3.63) is 41.5 Å². The molecular formula is C21H28N4O. The van der Waals surface area contributed by atoms with Crippen LogP contribution in [-0.2, 0) is 6.42 Å². The number of hydrogen-bond acceptors (Lipinski definition) is 4. The Labute approximate surface area is 155 Å². The van der Waals surface area contributed by atoms with Crippen molar-refractivity contribution in [3.63, 3.8) is 0 Å². The highest BCUT2D eigenvalue weighted by Crippen LogP contribution is 2.29. The van der Waals surface area contributed by atoms with Crippen LogP contribution in [0.15, 0.2) is 30.3 Å². The van der Waals surface area contributed by atoms with Gasteiger partial charge in [0.05, 0.1) is 0 Å². The molecule has 1 N–H and O–H groups in total. The predicted octanol–water partition coefficient (Wildman–Crippen LogP) is 4.62. The van der Waals surface area contributed by atoms with Gasteiger partial charge in [0, 0.05) is 18.8 Å². The Kier molecular flexibility index (Phi) is 5.45. The molecular weight excluding hydrogens is 324 g/mol. The number of aromatic nitrogens is 3. The zero-order valence-electron chi connectivity index (χ0n) is 16.2. The van der Waals surface area contributed by atoms with Crippen LogP contribution in [-0.4, -0.2) is 33.2 Å². The van der Waals surface area contributed by atoms with Crippen molar-refractivity contribution in [2.24, 2.45) is 0 Å². The van der Waals surface area contributed by atoms with E-state index >= 15 is 0 Å². The highest BCUT2D eigenvalue weighted by Gasteiger charge is 2.14. The fourth-order valence-electron chi connectivity index (χ4n) is 3.34. The Morgan fingerprint density at radius 1 is 1.00 bits per heavy atom. The maximum atomic E-state index is 10.7. The number of phenols is 1. The summed E-state index contributed by atoms with van der Waals surface area (Å²) in [6.45, 7) is 10.4. The number of anilines is 1. The van der Waals surface area contributed by atoms with E-state index in [0.29, 0.717) is 5.69 Å². The summed E-state index contributed by atoms with van der Waals surface area (Å²) in [5, 5.41) is 20.0. The lowest BCUT2D eigenvalue weighted by Gasteiger charge is -2.20. The Bertz CT molecular complexity index is 896. The van der Waals surface area contributed by atoms with Crippen LogP contribution >= 0.6 is 0 Å². The Balaban J connectivity index is 2.04. The average Bonchev–Trinajstić information content (AvgIpc) is 3.06. The van der Waals surface area contributed by atoms with Gasteiger partial charge in [-0.25, -0.2) is 0 Å². The second kappa shape index (κ2) is 7.77. The monoisotopic (exact) mass is 352 g/mol. The average molecular weight is 352 g/mol. The van der Waals surface area contributed by atoms with Gasteiger partial charge in [0.1, 0.15) is 22.5 Å². The van der Waals surface area contributed by atoms with E-state index < -0.39 is 0 Å². The van der Waals surface area contributed by atoms with Crippen molar-refractivity contribution in [3.8, 4) is 11.4 Å². The summed E-state index contributed by atoms with van der Waals surface area (Å²) in [4.78, 5) is 3.85. The van der Waals surface area contributed by atoms with Gasteiger partial charge < -0.3 is 10.0 Å². The summed E-state index contributed by atoms with van der Waals surface area (Å²) in [5.41, 5.74) is 5.53. The van der Waals surface area contributed by atoms with Gasteiger partial charge in [-0.2, -0.15) is 0 Å². The fourth-order valence-corrected chi connectivity index (χ4v) is 3.34. The number of rotatable bonds is 7. The SMILES string of the molecule is CCCCc1cc(C)cc(-n2nc3ccc(N(CC)CC)cc3n2)c1O. The van der Waals surface area contributed by atoms with E-state index in [-0.39, 0.29) is 5.75 Å². The van der Waals surface area contributed by atoms with Crippen LogP contribution in [0.1, 0.15) is 44.7 Å². The molecule has 2 aromatic carbocycles. The number of hydrogen-bond donors (Lipinski definition) is 1. The first kappa shape index (κ1) is 18.2. The summed E-state index contributed by atoms with van der Waals surface area (Å²) >= 11 is 0. The highest BCUT2D eigenvalue weighted by molar-refractivity contribution is 5.79. The molecule has 0 aliphatic carbocycles. The third-order valence-electron chi connectivity index (χ3n) is 4.82. The van der Waals surface area contributed by atoms with Crippen molar-refractivity contribution in [1.29, 1.82) is 0 Å². The van der Waals surface area contributed by atoms with Crippen molar-refractivity contribution in [1.82, 2.24) is 15.0 Å². The number of aryl methyl sites for hydroxylation is 2. The Morgan fingerprint density at radius 2 is 1.73 bits per heavy atom. The zero-order valence-corrected chi connectivity index (χ0v) is 16.2. The molecule has 0 amide bonds. The molecule has 0 unspecified atom stereocenters. The van der Waals surface area contributed by atoms with Gasteiger partial charge >= 0.3 is 0 Å². The molecule has 3 rings (SSSR count). The molecule has 0 aliphatic rings. The Morgan fingerprint density at radius 3 is 2.42 bits per heavy atom. The maximum absolute atomic E-state index is 10.7. The number of unbranched alkanes of at least 4 members (excludes halogenated alkanes) is 1. The van der Waals surface area contributed by atoms with Gasteiger partial charge in [-0.3, -0.25) is 0 Å². The van der Waals surface area contributed by atoms with Crippen LogP contribution in [0.5, 0.6) is 5.75 Å². The number of nitrogens with zero attached hydrogens (tertiary/aromatic N) is 4. The molecule has 0 saturated heterocycles. The first-order chi connectivity index (χ1) is 12.6. The molecule has 26 heavy (non-hydrogen) atoms. The van der Waals surface area contributed by atoms with Crippen LogP contribution in [0, 0.1) is 6.92 Å². The van der Waals surface area contributed by atoms with E-state index in [1.54, 1.807) is 4.80 Å². The summed E-state index contributed by atoms with van der Waals surface area (Å²) in [6, 6.07) is 10.1. The number of benzene rings is 2. The summed E-state index contributed by atoms with van der Waals surface area (Å²) < 4.78 is 0. The second-order valence-electron chi connectivity index (χ2n) is 6.73. The standard InChI is InChI=1S/C21H28N4O/c1-5-8-9-16-12-15(4)13-20(21(16)26)25-22-18-11-10-17(14-19(18)23-25)24(6-2)7-3/h10-14,26H,5-9H2,1-4H3. The molecule has 0 saturated carbocycles. The molecule has 3 aromatic rings. The molecule has 1 aromatic heterocycles. The minimum absolute atomic E-state index is 0.285. The zero-order chi connectivity index (χ0) is 18.7. The molecule has 5 nitrogen and oxygen atoms in total. The molecule has 1 heterocycles. The van der Waals surface area contributed by atoms with Gasteiger partial charge in [-0.05, 0) is 69.0 Å². The van der Waals surface area contributed by atoms with E-state index in [9.17, 15) is 5.11 Å². The maximum Gasteiger partial charge on any atom is 0.146 e. The second-order valence-corrected chi connectivity index (χ2v) is 6.73. The molecule has 0 radical (unpaired) electrons. The predicted molar refractivity (Wildman–Crippen MR) is 107 cm³/mol. The summed E-state index contributed by atoms with van der Waals surface area (Å²) in [7, 11) is 0. The first-order valence-corrected chi connectivity index (χ1v) is 9.52. The van der Waals surface area contributed by atoms with E-state index in [4.69, 9.17) is 0 Å². The van der Waals surface area contributed by atoms with E-state index in [2.05, 4.69) is 54.1 Å². The minimum Gasteiger partial charge on any atom is -0.505 e. The topological polar surface area (TPSA) is 54.2 Å². The van der Waals surface area contributed by atoms with Gasteiger partial charge in [-0.1, -0.05) is 19.4 Å². The lowest BCUT2D eigenvalue weighted by Crippen LogP contribution is -2.21. The first-order valence-electron chi connectivity index (χ1n) is 9.52. The summed E-state index contributed by atoms with van der Waals surface area (Å²) in [5.74, 6) is 0.285. The van der Waals surface area contributed by atoms with Crippen molar-refractivity contribution in [2.45, 2.75) is 47.0 Å². The van der Waals surface area contributed by atoms with E-state index in [0.717, 1.165) is 60.2 Å². The lowest BCUT2D eigenvalue weighted by molar-refractivity contribution is 0.459. The lowest BCUT2D eigenvalue weighted by atomic mass is 10.0. The van der Waals surface area contributed by atoms with Gasteiger partial charge in [-0.15, -0.1) is 15.0 Å². The fraction of sp³-hybridized carbons (Fsp3) is 0.429. The van der Waals surface area contributed by atoms with Gasteiger partial charge in [0.2, 0.25) is 0 Å². The quantitative estimate of drug-likeness (QED) is 0.674. The summed E-state index contributed by atoms with van der Waals surface area (Å²) in [6.07, 6.45) is 3.02. The molecule has 0 atom stereocenters.